The predicted molar refractivity (Wildman–Crippen MR) is 128 cm³/mol. The number of hydrogen-bond acceptors (Lipinski definition) is 4. The van der Waals surface area contributed by atoms with Crippen molar-refractivity contribution >= 4 is 23.0 Å². The third-order valence-electron chi connectivity index (χ3n) is 6.07. The Kier molecular flexibility index (Phi) is 7.38. The summed E-state index contributed by atoms with van der Waals surface area (Å²) < 4.78 is 0. The first-order valence-electron chi connectivity index (χ1n) is 11.2. The number of carbonyl (C=O) groups is 1. The van der Waals surface area contributed by atoms with Crippen LogP contribution in [-0.4, -0.2) is 56.1 Å². The first-order chi connectivity index (χ1) is 14.4. The van der Waals surface area contributed by atoms with Crippen LogP contribution in [0.1, 0.15) is 43.6 Å². The average Bonchev–Trinajstić information content (AvgIpc) is 2.76. The lowest BCUT2D eigenvalue weighted by molar-refractivity contribution is 0.102. The third-order valence-corrected chi connectivity index (χ3v) is 6.07. The highest BCUT2D eigenvalue weighted by atomic mass is 16.1. The molecule has 1 aliphatic heterocycles. The van der Waals surface area contributed by atoms with E-state index in [1.165, 1.54) is 5.69 Å². The molecule has 1 fully saturated rings. The molecule has 0 saturated carbocycles. The summed E-state index contributed by atoms with van der Waals surface area (Å²) in [5.41, 5.74) is 5.02. The maximum atomic E-state index is 12.8. The Morgan fingerprint density at radius 2 is 1.70 bits per heavy atom. The quantitative estimate of drug-likeness (QED) is 0.725. The van der Waals surface area contributed by atoms with Crippen molar-refractivity contribution in [3.8, 4) is 0 Å². The molecule has 1 aliphatic rings. The Labute approximate surface area is 181 Å². The van der Waals surface area contributed by atoms with E-state index in [1.54, 1.807) is 0 Å². The molecule has 0 aromatic heterocycles. The molecule has 0 radical (unpaired) electrons. The van der Waals surface area contributed by atoms with Gasteiger partial charge < -0.3 is 20.0 Å². The zero-order valence-electron chi connectivity index (χ0n) is 19.1. The van der Waals surface area contributed by atoms with Crippen LogP contribution >= 0.6 is 0 Å². The molecular weight excluding hydrogens is 372 g/mol. The first kappa shape index (κ1) is 22.2. The fraction of sp³-hybridized carbons (Fsp3) is 0.480. The summed E-state index contributed by atoms with van der Waals surface area (Å²) in [5, 5.41) is 3.08. The highest BCUT2D eigenvalue weighted by Gasteiger charge is 2.17. The predicted octanol–water partition coefficient (Wildman–Crippen LogP) is 4.62. The lowest BCUT2D eigenvalue weighted by Gasteiger charge is -2.35. The maximum absolute atomic E-state index is 12.8. The van der Waals surface area contributed by atoms with Gasteiger partial charge in [0.1, 0.15) is 0 Å². The van der Waals surface area contributed by atoms with Crippen LogP contribution in [0.15, 0.2) is 42.5 Å². The molecule has 0 unspecified atom stereocenters. The molecule has 1 N–H and O–H groups in total. The monoisotopic (exact) mass is 408 g/mol. The molecule has 2 aromatic carbocycles. The zero-order chi connectivity index (χ0) is 21.7. The van der Waals surface area contributed by atoms with E-state index in [9.17, 15) is 4.79 Å². The highest BCUT2D eigenvalue weighted by Crippen LogP contribution is 2.25. The minimum Gasteiger partial charge on any atom is -0.369 e. The van der Waals surface area contributed by atoms with Gasteiger partial charge in [-0.1, -0.05) is 6.92 Å². The summed E-state index contributed by atoms with van der Waals surface area (Å²) in [4.78, 5) is 20.0. The van der Waals surface area contributed by atoms with Crippen molar-refractivity contribution in [1.29, 1.82) is 0 Å². The van der Waals surface area contributed by atoms with Crippen molar-refractivity contribution in [2.24, 2.45) is 0 Å². The lowest BCUT2D eigenvalue weighted by atomic mass is 10.1. The van der Waals surface area contributed by atoms with Crippen LogP contribution in [0.5, 0.6) is 0 Å². The van der Waals surface area contributed by atoms with Crippen molar-refractivity contribution in [3.05, 3.63) is 53.6 Å². The molecule has 0 atom stereocenters. The standard InChI is InChI=1S/C25H36N4O/c1-6-27-14-16-28(17-15-27)23-12-13-24(20(5)18-23)26-25(30)21-8-10-22(11-9-21)29(7-2)19(3)4/h8-13,18-19H,6-7,14-17H2,1-5H3,(H,26,30). The number of benzene rings is 2. The van der Waals surface area contributed by atoms with E-state index < -0.39 is 0 Å². The minimum atomic E-state index is -0.0680. The number of aryl methyl sites for hydroxylation is 1. The second-order valence-corrected chi connectivity index (χ2v) is 8.30. The number of nitrogens with zero attached hydrogens (tertiary/aromatic N) is 3. The summed E-state index contributed by atoms with van der Waals surface area (Å²) in [6, 6.07) is 14.6. The molecule has 5 nitrogen and oxygen atoms in total. The molecule has 5 heteroatoms. The van der Waals surface area contributed by atoms with E-state index in [0.29, 0.717) is 11.6 Å². The summed E-state index contributed by atoms with van der Waals surface area (Å²) in [5.74, 6) is -0.0680. The molecule has 0 bridgehead atoms. The van der Waals surface area contributed by atoms with Crippen molar-refractivity contribution in [1.82, 2.24) is 4.90 Å². The van der Waals surface area contributed by atoms with Gasteiger partial charge in [-0.25, -0.2) is 0 Å². The number of amides is 1. The van der Waals surface area contributed by atoms with Crippen molar-refractivity contribution in [2.75, 3.05) is 54.4 Å². The molecule has 1 amide bonds. The maximum Gasteiger partial charge on any atom is 0.255 e. The molecule has 0 aliphatic carbocycles. The Balaban J connectivity index is 1.65. The summed E-state index contributed by atoms with van der Waals surface area (Å²) in [6.07, 6.45) is 0. The Morgan fingerprint density at radius 3 is 2.23 bits per heavy atom. The number of anilines is 3. The second-order valence-electron chi connectivity index (χ2n) is 8.30. The molecular formula is C25H36N4O. The van der Waals surface area contributed by atoms with Crippen molar-refractivity contribution < 1.29 is 4.79 Å². The van der Waals surface area contributed by atoms with E-state index >= 15 is 0 Å². The average molecular weight is 409 g/mol. The lowest BCUT2D eigenvalue weighted by Crippen LogP contribution is -2.46. The SMILES string of the molecule is CCN1CCN(c2ccc(NC(=O)c3ccc(N(CC)C(C)C)cc3)c(C)c2)CC1. The van der Waals surface area contributed by atoms with Crippen LogP contribution in [0.25, 0.3) is 0 Å². The summed E-state index contributed by atoms with van der Waals surface area (Å²) >= 11 is 0. The van der Waals surface area contributed by atoms with Crippen LogP contribution in [0.4, 0.5) is 17.1 Å². The molecule has 3 rings (SSSR count). The number of nitrogens with one attached hydrogen (secondary N) is 1. The largest absolute Gasteiger partial charge is 0.369 e. The van der Waals surface area contributed by atoms with E-state index in [0.717, 1.165) is 56.2 Å². The summed E-state index contributed by atoms with van der Waals surface area (Å²) in [6.45, 7) is 17.2. The molecule has 2 aromatic rings. The van der Waals surface area contributed by atoms with Crippen LogP contribution in [0, 0.1) is 6.92 Å². The zero-order valence-corrected chi connectivity index (χ0v) is 19.1. The minimum absolute atomic E-state index is 0.0680. The van der Waals surface area contributed by atoms with Gasteiger partial charge in [-0.15, -0.1) is 0 Å². The van der Waals surface area contributed by atoms with Gasteiger partial charge in [0, 0.05) is 61.4 Å². The topological polar surface area (TPSA) is 38.8 Å². The Hall–Kier alpha value is -2.53. The highest BCUT2D eigenvalue weighted by molar-refractivity contribution is 6.04. The number of hydrogen-bond donors (Lipinski definition) is 1. The molecule has 30 heavy (non-hydrogen) atoms. The van der Waals surface area contributed by atoms with E-state index in [2.05, 4.69) is 66.8 Å². The Bertz CT molecular complexity index is 839. The van der Waals surface area contributed by atoms with Gasteiger partial charge >= 0.3 is 0 Å². The molecule has 0 spiro atoms. The van der Waals surface area contributed by atoms with E-state index in [-0.39, 0.29) is 5.91 Å². The van der Waals surface area contributed by atoms with Crippen molar-refractivity contribution in [2.45, 2.75) is 40.7 Å². The van der Waals surface area contributed by atoms with Gasteiger partial charge in [-0.05, 0) is 82.3 Å². The van der Waals surface area contributed by atoms with Gasteiger partial charge in [0.15, 0.2) is 0 Å². The van der Waals surface area contributed by atoms with Gasteiger partial charge in [0.05, 0.1) is 0 Å². The first-order valence-corrected chi connectivity index (χ1v) is 11.2. The van der Waals surface area contributed by atoms with Gasteiger partial charge in [0.25, 0.3) is 5.91 Å². The van der Waals surface area contributed by atoms with Crippen LogP contribution < -0.4 is 15.1 Å². The van der Waals surface area contributed by atoms with Crippen molar-refractivity contribution in [3.63, 3.8) is 0 Å². The van der Waals surface area contributed by atoms with Gasteiger partial charge in [0.2, 0.25) is 0 Å². The fourth-order valence-electron chi connectivity index (χ4n) is 4.15. The van der Waals surface area contributed by atoms with Crippen LogP contribution in [0.3, 0.4) is 0 Å². The van der Waals surface area contributed by atoms with Gasteiger partial charge in [-0.3, -0.25) is 4.79 Å². The van der Waals surface area contributed by atoms with E-state index in [1.807, 2.05) is 30.3 Å². The van der Waals surface area contributed by atoms with E-state index in [4.69, 9.17) is 0 Å². The molecule has 1 saturated heterocycles. The van der Waals surface area contributed by atoms with Crippen LogP contribution in [0.2, 0.25) is 0 Å². The number of rotatable bonds is 7. The summed E-state index contributed by atoms with van der Waals surface area (Å²) in [7, 11) is 0. The van der Waals surface area contributed by atoms with Gasteiger partial charge in [-0.2, -0.15) is 0 Å². The smallest absolute Gasteiger partial charge is 0.255 e. The third kappa shape index (κ3) is 5.14. The fourth-order valence-corrected chi connectivity index (χ4v) is 4.15. The van der Waals surface area contributed by atoms with Crippen LogP contribution in [-0.2, 0) is 0 Å². The number of piperazine rings is 1. The second kappa shape index (κ2) is 9.98. The normalized spacial score (nSPS) is 14.8. The molecule has 1 heterocycles. The molecule has 162 valence electrons. The Morgan fingerprint density at radius 1 is 1.03 bits per heavy atom. The number of likely N-dealkylation sites (N-methyl/N-ethyl adjacent to an activating group) is 1. The number of carbonyl (C=O) groups excluding carboxylic acids is 1.